The van der Waals surface area contributed by atoms with Gasteiger partial charge in [0.1, 0.15) is 5.60 Å². The lowest BCUT2D eigenvalue weighted by Gasteiger charge is -2.38. The number of aliphatic hydroxyl groups is 1. The minimum absolute atomic E-state index is 0.142. The molecule has 5 heteroatoms. The highest BCUT2D eigenvalue weighted by Crippen LogP contribution is 2.35. The number of hydrogen-bond acceptors (Lipinski definition) is 4. The van der Waals surface area contributed by atoms with Gasteiger partial charge in [-0.05, 0) is 59.3 Å². The van der Waals surface area contributed by atoms with Crippen LogP contribution in [0.25, 0.3) is 0 Å². The van der Waals surface area contributed by atoms with Crippen molar-refractivity contribution in [3.8, 4) is 0 Å². The molecule has 0 aliphatic heterocycles. The van der Waals surface area contributed by atoms with Gasteiger partial charge in [0.15, 0.2) is 0 Å². The molecule has 0 aromatic heterocycles. The van der Waals surface area contributed by atoms with Crippen molar-refractivity contribution in [1.29, 1.82) is 0 Å². The van der Waals surface area contributed by atoms with Crippen LogP contribution in [0.1, 0.15) is 59.3 Å². The minimum Gasteiger partial charge on any atom is -0.444 e. The van der Waals surface area contributed by atoms with Gasteiger partial charge in [0.2, 0.25) is 0 Å². The summed E-state index contributed by atoms with van der Waals surface area (Å²) in [6.07, 6.45) is 6.27. The molecular weight excluding hydrogens is 268 g/mol. The molecule has 0 heterocycles. The van der Waals surface area contributed by atoms with E-state index >= 15 is 0 Å². The summed E-state index contributed by atoms with van der Waals surface area (Å²) in [6.45, 7) is 6.61. The van der Waals surface area contributed by atoms with Gasteiger partial charge in [0, 0.05) is 24.7 Å². The van der Waals surface area contributed by atoms with Gasteiger partial charge in [0.05, 0.1) is 6.61 Å². The molecule has 2 aliphatic rings. The number of hydrogen-bond donors (Lipinski definition) is 2. The van der Waals surface area contributed by atoms with Gasteiger partial charge in [0.25, 0.3) is 0 Å². The van der Waals surface area contributed by atoms with Gasteiger partial charge >= 0.3 is 6.09 Å². The Morgan fingerprint density at radius 1 is 1.14 bits per heavy atom. The number of carbonyl (C=O) groups excluding carboxylic acids is 1. The fourth-order valence-electron chi connectivity index (χ4n) is 3.09. The molecule has 0 aromatic rings. The van der Waals surface area contributed by atoms with Crippen LogP contribution in [0.15, 0.2) is 0 Å². The Kier molecular flexibility index (Phi) is 5.49. The molecule has 2 N–H and O–H groups in total. The van der Waals surface area contributed by atoms with E-state index in [2.05, 4.69) is 5.32 Å². The SMILES string of the molecule is CC(C)(C)OC(=O)N(C1CCC(NCCO)CC1)C1CC1. The van der Waals surface area contributed by atoms with Crippen molar-refractivity contribution in [1.82, 2.24) is 10.2 Å². The van der Waals surface area contributed by atoms with Crippen molar-refractivity contribution in [3.05, 3.63) is 0 Å². The molecule has 2 rings (SSSR count). The maximum Gasteiger partial charge on any atom is 0.410 e. The number of rotatable bonds is 5. The van der Waals surface area contributed by atoms with Gasteiger partial charge in [-0.25, -0.2) is 4.79 Å². The van der Waals surface area contributed by atoms with Crippen LogP contribution in [0, 0.1) is 0 Å². The first-order valence-corrected chi connectivity index (χ1v) is 8.26. The van der Waals surface area contributed by atoms with Gasteiger partial charge in [-0.3, -0.25) is 0 Å². The summed E-state index contributed by atoms with van der Waals surface area (Å²) in [7, 11) is 0. The molecule has 21 heavy (non-hydrogen) atoms. The first kappa shape index (κ1) is 16.6. The number of amides is 1. The number of ether oxygens (including phenoxy) is 1. The van der Waals surface area contributed by atoms with Crippen molar-refractivity contribution in [2.45, 2.75) is 83.0 Å². The Balaban J connectivity index is 1.87. The maximum absolute atomic E-state index is 12.4. The first-order valence-electron chi connectivity index (χ1n) is 8.26. The van der Waals surface area contributed by atoms with Gasteiger partial charge in [-0.15, -0.1) is 0 Å². The van der Waals surface area contributed by atoms with Crippen LogP contribution >= 0.6 is 0 Å². The first-order chi connectivity index (χ1) is 9.90. The van der Waals surface area contributed by atoms with E-state index < -0.39 is 5.60 Å². The van der Waals surface area contributed by atoms with Crippen LogP contribution < -0.4 is 5.32 Å². The summed E-state index contributed by atoms with van der Waals surface area (Å²) in [5, 5.41) is 12.2. The van der Waals surface area contributed by atoms with E-state index in [9.17, 15) is 4.79 Å². The summed E-state index contributed by atoms with van der Waals surface area (Å²) in [5.74, 6) is 0. The van der Waals surface area contributed by atoms with E-state index in [1.165, 1.54) is 0 Å². The quantitative estimate of drug-likeness (QED) is 0.817. The normalized spacial score (nSPS) is 26.5. The van der Waals surface area contributed by atoms with E-state index in [-0.39, 0.29) is 12.7 Å². The smallest absolute Gasteiger partial charge is 0.410 e. The predicted molar refractivity (Wildman–Crippen MR) is 82.2 cm³/mol. The number of nitrogens with zero attached hydrogens (tertiary/aromatic N) is 1. The third-order valence-electron chi connectivity index (χ3n) is 4.18. The maximum atomic E-state index is 12.4. The van der Waals surface area contributed by atoms with Crippen LogP contribution in [0.3, 0.4) is 0 Å². The Labute approximate surface area is 128 Å². The Bertz CT molecular complexity index is 342. The van der Waals surface area contributed by atoms with Gasteiger partial charge in [-0.2, -0.15) is 0 Å². The molecule has 0 spiro atoms. The Morgan fingerprint density at radius 2 is 1.67 bits per heavy atom. The highest BCUT2D eigenvalue weighted by atomic mass is 16.6. The summed E-state index contributed by atoms with van der Waals surface area (Å²) in [4.78, 5) is 14.5. The monoisotopic (exact) mass is 298 g/mol. The zero-order chi connectivity index (χ0) is 15.5. The molecule has 0 atom stereocenters. The molecule has 2 saturated carbocycles. The van der Waals surface area contributed by atoms with Crippen LogP contribution in [-0.2, 0) is 4.74 Å². The van der Waals surface area contributed by atoms with Crippen LogP contribution in [0.4, 0.5) is 4.79 Å². The highest BCUT2D eigenvalue weighted by molar-refractivity contribution is 5.69. The molecule has 2 fully saturated rings. The molecule has 0 unspecified atom stereocenters. The number of nitrogens with one attached hydrogen (secondary N) is 1. The second-order valence-corrected chi connectivity index (χ2v) is 7.30. The van der Waals surface area contributed by atoms with Crippen molar-refractivity contribution in [2.24, 2.45) is 0 Å². The lowest BCUT2D eigenvalue weighted by Crippen LogP contribution is -2.48. The van der Waals surface area contributed by atoms with Crippen LogP contribution in [0.5, 0.6) is 0 Å². The molecular formula is C16H30N2O3. The largest absolute Gasteiger partial charge is 0.444 e. The third kappa shape index (κ3) is 5.15. The van der Waals surface area contributed by atoms with Gasteiger partial charge in [-0.1, -0.05) is 0 Å². The minimum atomic E-state index is -0.426. The highest BCUT2D eigenvalue weighted by Gasteiger charge is 2.40. The predicted octanol–water partition coefficient (Wildman–Crippen LogP) is 2.28. The number of aliphatic hydroxyl groups excluding tert-OH is 1. The topological polar surface area (TPSA) is 61.8 Å². The van der Waals surface area contributed by atoms with Crippen LogP contribution in [-0.4, -0.2) is 53.0 Å². The molecule has 5 nitrogen and oxygen atoms in total. The zero-order valence-corrected chi connectivity index (χ0v) is 13.6. The van der Waals surface area contributed by atoms with Crippen molar-refractivity contribution in [2.75, 3.05) is 13.2 Å². The molecule has 0 saturated heterocycles. The third-order valence-corrected chi connectivity index (χ3v) is 4.18. The standard InChI is InChI=1S/C16H30N2O3/c1-16(2,3)21-15(20)18(14-8-9-14)13-6-4-12(5-7-13)17-10-11-19/h12-14,17,19H,4-11H2,1-3H3. The number of carbonyl (C=O) groups is 1. The Morgan fingerprint density at radius 3 is 2.10 bits per heavy atom. The summed E-state index contributed by atoms with van der Waals surface area (Å²) in [6, 6.07) is 1.19. The lowest BCUT2D eigenvalue weighted by molar-refractivity contribution is 0.00882. The van der Waals surface area contributed by atoms with E-state index in [1.807, 2.05) is 25.7 Å². The summed E-state index contributed by atoms with van der Waals surface area (Å²) < 4.78 is 5.58. The molecule has 122 valence electrons. The zero-order valence-electron chi connectivity index (χ0n) is 13.6. The Hall–Kier alpha value is -0.810. The van der Waals surface area contributed by atoms with Crippen molar-refractivity contribution < 1.29 is 14.6 Å². The molecule has 0 radical (unpaired) electrons. The van der Waals surface area contributed by atoms with Gasteiger partial charge < -0.3 is 20.1 Å². The average molecular weight is 298 g/mol. The second kappa shape index (κ2) is 6.97. The molecule has 1 amide bonds. The molecule has 2 aliphatic carbocycles. The van der Waals surface area contributed by atoms with E-state index in [1.54, 1.807) is 0 Å². The summed E-state index contributed by atoms with van der Waals surface area (Å²) >= 11 is 0. The van der Waals surface area contributed by atoms with Crippen molar-refractivity contribution in [3.63, 3.8) is 0 Å². The van der Waals surface area contributed by atoms with Crippen molar-refractivity contribution >= 4 is 6.09 Å². The average Bonchev–Trinajstić information content (AvgIpc) is 3.20. The molecule has 0 bridgehead atoms. The fourth-order valence-corrected chi connectivity index (χ4v) is 3.09. The van der Waals surface area contributed by atoms with E-state index in [0.29, 0.717) is 24.7 Å². The summed E-state index contributed by atoms with van der Waals surface area (Å²) in [5.41, 5.74) is -0.426. The van der Waals surface area contributed by atoms with Crippen LogP contribution in [0.2, 0.25) is 0 Å². The van der Waals surface area contributed by atoms with E-state index in [0.717, 1.165) is 38.5 Å². The second-order valence-electron chi connectivity index (χ2n) is 7.30. The fraction of sp³-hybridized carbons (Fsp3) is 0.938. The lowest BCUT2D eigenvalue weighted by atomic mass is 9.90. The van der Waals surface area contributed by atoms with E-state index in [4.69, 9.17) is 9.84 Å². The molecule has 0 aromatic carbocycles.